The lowest BCUT2D eigenvalue weighted by Crippen LogP contribution is -2.02. The van der Waals surface area contributed by atoms with Crippen molar-refractivity contribution in [3.8, 4) is 10.8 Å². The summed E-state index contributed by atoms with van der Waals surface area (Å²) in [6.45, 7) is 0.591. The fourth-order valence-corrected chi connectivity index (χ4v) is 4.36. The number of nitrogens with zero attached hydrogens (tertiary/aromatic N) is 3. The van der Waals surface area contributed by atoms with Gasteiger partial charge in [0.2, 0.25) is 0 Å². The molecule has 30 heavy (non-hydrogen) atoms. The fourth-order valence-electron chi connectivity index (χ4n) is 3.59. The van der Waals surface area contributed by atoms with Gasteiger partial charge in [-0.15, -0.1) is 11.3 Å². The molecule has 0 atom stereocenters. The molecule has 144 valence electrons. The van der Waals surface area contributed by atoms with Gasteiger partial charge < -0.3 is 9.73 Å². The highest BCUT2D eigenvalue weighted by atomic mass is 32.1. The van der Waals surface area contributed by atoms with Crippen LogP contribution in [0.4, 0.5) is 5.82 Å². The zero-order valence-corrected chi connectivity index (χ0v) is 16.7. The second-order valence-corrected chi connectivity index (χ2v) is 7.91. The Morgan fingerprint density at radius 3 is 2.60 bits per heavy atom. The normalized spacial score (nSPS) is 11.5. The third-order valence-corrected chi connectivity index (χ3v) is 5.98. The predicted octanol–water partition coefficient (Wildman–Crippen LogP) is 6.26. The number of para-hydroxylation sites is 1. The molecule has 0 saturated heterocycles. The molecular formula is C24H16N4OS. The summed E-state index contributed by atoms with van der Waals surface area (Å²) in [5, 5.41) is 9.56. The van der Waals surface area contributed by atoms with E-state index in [9.17, 15) is 0 Å². The quantitative estimate of drug-likeness (QED) is 0.349. The van der Waals surface area contributed by atoms with Crippen LogP contribution in [0.25, 0.3) is 43.5 Å². The third kappa shape index (κ3) is 2.98. The molecular weight excluding hydrogens is 392 g/mol. The Balaban J connectivity index is 1.26. The molecule has 0 saturated carbocycles. The number of nitrogens with one attached hydrogen (secondary N) is 1. The average Bonchev–Trinajstić information content (AvgIpc) is 3.44. The van der Waals surface area contributed by atoms with E-state index in [0.29, 0.717) is 6.54 Å². The van der Waals surface area contributed by atoms with Gasteiger partial charge in [0.05, 0.1) is 23.3 Å². The second kappa shape index (κ2) is 6.93. The maximum absolute atomic E-state index is 5.93. The largest absolute Gasteiger partial charge is 0.454 e. The van der Waals surface area contributed by atoms with Crippen LogP contribution in [-0.2, 0) is 6.54 Å². The van der Waals surface area contributed by atoms with Crippen molar-refractivity contribution in [3.63, 3.8) is 0 Å². The number of pyridine rings is 2. The molecule has 0 spiro atoms. The predicted molar refractivity (Wildman–Crippen MR) is 122 cm³/mol. The molecule has 1 N–H and O–H groups in total. The van der Waals surface area contributed by atoms with Gasteiger partial charge in [0, 0.05) is 27.7 Å². The van der Waals surface area contributed by atoms with E-state index in [4.69, 9.17) is 14.4 Å². The summed E-state index contributed by atoms with van der Waals surface area (Å²) in [7, 11) is 0. The van der Waals surface area contributed by atoms with Crippen molar-refractivity contribution in [1.82, 2.24) is 15.0 Å². The maximum atomic E-state index is 5.93. The lowest BCUT2D eigenvalue weighted by atomic mass is 10.1. The molecule has 0 aliphatic heterocycles. The van der Waals surface area contributed by atoms with Gasteiger partial charge in [-0.3, -0.25) is 4.98 Å². The van der Waals surface area contributed by atoms with E-state index in [1.165, 1.54) is 0 Å². The summed E-state index contributed by atoms with van der Waals surface area (Å²) in [4.78, 5) is 14.0. The SMILES string of the molecule is c1ccc2oc(-c3nc(CNc4ccc5ccc6cccnc6c5n4)cs3)cc2c1. The first kappa shape index (κ1) is 17.1. The Bertz CT molecular complexity index is 1490. The van der Waals surface area contributed by atoms with Crippen molar-refractivity contribution in [2.75, 3.05) is 5.32 Å². The van der Waals surface area contributed by atoms with Crippen molar-refractivity contribution < 1.29 is 4.42 Å². The van der Waals surface area contributed by atoms with Crippen LogP contribution in [0.2, 0.25) is 0 Å². The standard InChI is InChI=1S/C24H16N4OS/c1-2-6-19-17(4-1)12-20(29-19)24-27-18(14-30-24)13-26-21-10-9-16-8-7-15-5-3-11-25-22(15)23(16)28-21/h1-12,14H,13H2,(H,26,28). The van der Waals surface area contributed by atoms with Crippen LogP contribution in [-0.4, -0.2) is 15.0 Å². The Labute approximate surface area is 176 Å². The van der Waals surface area contributed by atoms with Gasteiger partial charge in [0.15, 0.2) is 10.8 Å². The summed E-state index contributed by atoms with van der Waals surface area (Å²) in [6, 6.07) is 22.2. The Hall–Kier alpha value is -3.77. The van der Waals surface area contributed by atoms with Crippen molar-refractivity contribution in [2.45, 2.75) is 6.54 Å². The Morgan fingerprint density at radius 1 is 0.833 bits per heavy atom. The lowest BCUT2D eigenvalue weighted by molar-refractivity contribution is 0.630. The van der Waals surface area contributed by atoms with Crippen LogP contribution >= 0.6 is 11.3 Å². The molecule has 0 amide bonds. The first-order valence-electron chi connectivity index (χ1n) is 9.65. The van der Waals surface area contributed by atoms with Gasteiger partial charge in [-0.05, 0) is 30.3 Å². The Morgan fingerprint density at radius 2 is 1.67 bits per heavy atom. The number of rotatable bonds is 4. The average molecular weight is 408 g/mol. The molecule has 0 aliphatic rings. The summed E-state index contributed by atoms with van der Waals surface area (Å²) < 4.78 is 5.93. The first-order valence-corrected chi connectivity index (χ1v) is 10.5. The number of fused-ring (bicyclic) bond motifs is 4. The number of benzene rings is 2. The highest BCUT2D eigenvalue weighted by Crippen LogP contribution is 2.30. The van der Waals surface area contributed by atoms with Gasteiger partial charge in [-0.1, -0.05) is 36.4 Å². The zero-order valence-electron chi connectivity index (χ0n) is 15.9. The van der Waals surface area contributed by atoms with Crippen LogP contribution in [0.15, 0.2) is 82.7 Å². The molecule has 0 bridgehead atoms. The van der Waals surface area contributed by atoms with Crippen molar-refractivity contribution in [3.05, 3.63) is 84.0 Å². The lowest BCUT2D eigenvalue weighted by Gasteiger charge is -2.07. The van der Waals surface area contributed by atoms with E-state index in [1.807, 2.05) is 47.8 Å². The minimum Gasteiger partial charge on any atom is -0.454 e. The number of aromatic nitrogens is 3. The Kier molecular flexibility index (Phi) is 3.95. The third-order valence-electron chi connectivity index (χ3n) is 5.07. The molecule has 0 aliphatic carbocycles. The van der Waals surface area contributed by atoms with Crippen LogP contribution in [0.3, 0.4) is 0 Å². The molecule has 6 heteroatoms. The van der Waals surface area contributed by atoms with Crippen LogP contribution in [0.5, 0.6) is 0 Å². The van der Waals surface area contributed by atoms with Crippen molar-refractivity contribution >= 4 is 49.9 Å². The minimum atomic E-state index is 0.591. The van der Waals surface area contributed by atoms with E-state index in [2.05, 4.69) is 34.6 Å². The molecule has 2 aromatic carbocycles. The van der Waals surface area contributed by atoms with Gasteiger partial charge in [0.1, 0.15) is 11.4 Å². The highest BCUT2D eigenvalue weighted by Gasteiger charge is 2.11. The van der Waals surface area contributed by atoms with E-state index in [0.717, 1.165) is 55.1 Å². The monoisotopic (exact) mass is 408 g/mol. The summed E-state index contributed by atoms with van der Waals surface area (Å²) in [6.07, 6.45) is 1.80. The van der Waals surface area contributed by atoms with Crippen LogP contribution in [0.1, 0.15) is 5.69 Å². The number of anilines is 1. The maximum Gasteiger partial charge on any atom is 0.164 e. The minimum absolute atomic E-state index is 0.591. The smallest absolute Gasteiger partial charge is 0.164 e. The fraction of sp³-hybridized carbons (Fsp3) is 0.0417. The van der Waals surface area contributed by atoms with Crippen molar-refractivity contribution in [1.29, 1.82) is 0 Å². The molecule has 6 aromatic rings. The highest BCUT2D eigenvalue weighted by molar-refractivity contribution is 7.13. The summed E-state index contributed by atoms with van der Waals surface area (Å²) in [5.74, 6) is 1.60. The number of thiazole rings is 1. The summed E-state index contributed by atoms with van der Waals surface area (Å²) in [5.41, 5.74) is 3.65. The molecule has 0 radical (unpaired) electrons. The number of hydrogen-bond donors (Lipinski definition) is 1. The molecule has 0 unspecified atom stereocenters. The topological polar surface area (TPSA) is 63.8 Å². The second-order valence-electron chi connectivity index (χ2n) is 7.05. The van der Waals surface area contributed by atoms with E-state index in [1.54, 1.807) is 17.5 Å². The van der Waals surface area contributed by atoms with Gasteiger partial charge in [0.25, 0.3) is 0 Å². The number of furan rings is 1. The van der Waals surface area contributed by atoms with Crippen LogP contribution < -0.4 is 5.32 Å². The van der Waals surface area contributed by atoms with E-state index in [-0.39, 0.29) is 0 Å². The van der Waals surface area contributed by atoms with Crippen molar-refractivity contribution in [2.24, 2.45) is 0 Å². The van der Waals surface area contributed by atoms with E-state index < -0.39 is 0 Å². The summed E-state index contributed by atoms with van der Waals surface area (Å²) >= 11 is 1.58. The van der Waals surface area contributed by atoms with Crippen LogP contribution in [0, 0.1) is 0 Å². The zero-order chi connectivity index (χ0) is 19.9. The van der Waals surface area contributed by atoms with Gasteiger partial charge in [-0.2, -0.15) is 0 Å². The molecule has 0 fully saturated rings. The number of hydrogen-bond acceptors (Lipinski definition) is 6. The first-order chi connectivity index (χ1) is 14.8. The van der Waals surface area contributed by atoms with E-state index >= 15 is 0 Å². The molecule has 4 heterocycles. The van der Waals surface area contributed by atoms with Gasteiger partial charge in [-0.25, -0.2) is 9.97 Å². The molecule has 4 aromatic heterocycles. The molecule has 6 rings (SSSR count). The van der Waals surface area contributed by atoms with Gasteiger partial charge >= 0.3 is 0 Å². The molecule has 5 nitrogen and oxygen atoms in total.